The van der Waals surface area contributed by atoms with Gasteiger partial charge in [-0.25, -0.2) is 0 Å². The number of aromatic amines is 1. The molecule has 2 aromatic carbocycles. The predicted octanol–water partition coefficient (Wildman–Crippen LogP) is 3.58. The third-order valence-corrected chi connectivity index (χ3v) is 4.11. The molecular weight excluding hydrogens is 326 g/mol. The van der Waals surface area contributed by atoms with Gasteiger partial charge in [-0.15, -0.1) is 0 Å². The highest BCUT2D eigenvalue weighted by molar-refractivity contribution is 9.10. The molecule has 3 nitrogen and oxygen atoms in total. The quantitative estimate of drug-likeness (QED) is 0.728. The van der Waals surface area contributed by atoms with E-state index in [1.54, 1.807) is 30.3 Å². The van der Waals surface area contributed by atoms with E-state index in [2.05, 4.69) is 20.9 Å². The molecule has 0 aliphatic carbocycles. The van der Waals surface area contributed by atoms with Crippen LogP contribution in [0.3, 0.4) is 0 Å². The number of halogens is 1. The zero-order chi connectivity index (χ0) is 13.4. The Labute approximate surface area is 121 Å². The minimum absolute atomic E-state index is 0.0518. The molecule has 3 rings (SSSR count). The van der Waals surface area contributed by atoms with Crippen molar-refractivity contribution in [2.75, 3.05) is 0 Å². The van der Waals surface area contributed by atoms with Crippen LogP contribution in [0.4, 0.5) is 0 Å². The lowest BCUT2D eigenvalue weighted by Crippen LogP contribution is -2.00. The molecule has 0 radical (unpaired) electrons. The number of thiazole rings is 1. The maximum absolute atomic E-state index is 12.3. The highest BCUT2D eigenvalue weighted by Crippen LogP contribution is 2.20. The monoisotopic (exact) mass is 333 g/mol. The predicted molar refractivity (Wildman–Crippen MR) is 80.0 cm³/mol. The van der Waals surface area contributed by atoms with E-state index in [9.17, 15) is 9.59 Å². The van der Waals surface area contributed by atoms with Crippen LogP contribution in [0, 0.1) is 0 Å². The topological polar surface area (TPSA) is 49.9 Å². The van der Waals surface area contributed by atoms with Crippen LogP contribution in [0.5, 0.6) is 0 Å². The van der Waals surface area contributed by atoms with E-state index in [0.717, 1.165) is 26.0 Å². The Morgan fingerprint density at radius 3 is 2.68 bits per heavy atom. The number of carbonyl (C=O) groups excluding carboxylic acids is 1. The van der Waals surface area contributed by atoms with Crippen molar-refractivity contribution in [3.8, 4) is 0 Å². The van der Waals surface area contributed by atoms with Crippen molar-refractivity contribution in [3.63, 3.8) is 0 Å². The zero-order valence-corrected chi connectivity index (χ0v) is 12.0. The first kappa shape index (κ1) is 12.3. The van der Waals surface area contributed by atoms with Crippen LogP contribution in [0.1, 0.15) is 15.9 Å². The molecule has 1 aromatic heterocycles. The normalized spacial score (nSPS) is 10.8. The number of fused-ring (bicyclic) bond motifs is 1. The molecule has 94 valence electrons. The summed E-state index contributed by atoms with van der Waals surface area (Å²) in [5.74, 6) is -0.0518. The molecule has 0 saturated carbocycles. The summed E-state index contributed by atoms with van der Waals surface area (Å²) in [6.45, 7) is 0. The second-order valence-corrected chi connectivity index (χ2v) is 6.00. The first-order valence-electron chi connectivity index (χ1n) is 5.56. The zero-order valence-electron chi connectivity index (χ0n) is 9.64. The first-order chi connectivity index (χ1) is 9.13. The number of hydrogen-bond acceptors (Lipinski definition) is 3. The number of benzene rings is 2. The molecule has 0 aliphatic heterocycles. The molecule has 0 spiro atoms. The van der Waals surface area contributed by atoms with Crippen LogP contribution in [-0.4, -0.2) is 10.8 Å². The maximum Gasteiger partial charge on any atom is 0.305 e. The van der Waals surface area contributed by atoms with Gasteiger partial charge in [0.1, 0.15) is 0 Å². The van der Waals surface area contributed by atoms with Crippen LogP contribution in [-0.2, 0) is 0 Å². The SMILES string of the molecule is O=C(c1cccc(Br)c1)c1ccc2[nH]c(=O)sc2c1. The molecule has 0 fully saturated rings. The Bertz CT molecular complexity index is 835. The molecule has 0 bridgehead atoms. The van der Waals surface area contributed by atoms with Crippen molar-refractivity contribution in [1.82, 2.24) is 4.98 Å². The summed E-state index contributed by atoms with van der Waals surface area (Å²) in [7, 11) is 0. The Morgan fingerprint density at radius 2 is 1.89 bits per heavy atom. The fraction of sp³-hybridized carbons (Fsp3) is 0. The van der Waals surface area contributed by atoms with Crippen molar-refractivity contribution in [2.24, 2.45) is 0 Å². The third-order valence-electron chi connectivity index (χ3n) is 2.77. The molecule has 3 aromatic rings. The summed E-state index contributed by atoms with van der Waals surface area (Å²) < 4.78 is 1.66. The van der Waals surface area contributed by atoms with Gasteiger partial charge < -0.3 is 4.98 Å². The van der Waals surface area contributed by atoms with Gasteiger partial charge in [0, 0.05) is 15.6 Å². The smallest absolute Gasteiger partial charge is 0.305 e. The lowest BCUT2D eigenvalue weighted by Gasteiger charge is -2.02. The molecule has 0 aliphatic rings. The van der Waals surface area contributed by atoms with Crippen LogP contribution < -0.4 is 4.87 Å². The molecule has 0 atom stereocenters. The van der Waals surface area contributed by atoms with Crippen molar-refractivity contribution < 1.29 is 4.79 Å². The van der Waals surface area contributed by atoms with E-state index in [-0.39, 0.29) is 10.7 Å². The van der Waals surface area contributed by atoms with E-state index < -0.39 is 0 Å². The molecule has 0 amide bonds. The molecule has 0 saturated heterocycles. The fourth-order valence-corrected chi connectivity index (χ4v) is 3.06. The summed E-state index contributed by atoms with van der Waals surface area (Å²) in [6.07, 6.45) is 0. The van der Waals surface area contributed by atoms with Crippen molar-refractivity contribution in [2.45, 2.75) is 0 Å². The van der Waals surface area contributed by atoms with Gasteiger partial charge in [0.05, 0.1) is 10.2 Å². The lowest BCUT2D eigenvalue weighted by molar-refractivity contribution is 0.103. The summed E-state index contributed by atoms with van der Waals surface area (Å²) in [5.41, 5.74) is 1.97. The van der Waals surface area contributed by atoms with E-state index in [1.165, 1.54) is 0 Å². The number of aromatic nitrogens is 1. The van der Waals surface area contributed by atoms with Crippen LogP contribution in [0.25, 0.3) is 10.2 Å². The van der Waals surface area contributed by atoms with E-state index in [0.29, 0.717) is 11.1 Å². The molecule has 1 heterocycles. The molecular formula is C14H8BrNO2S. The third kappa shape index (κ3) is 2.39. The van der Waals surface area contributed by atoms with Crippen molar-refractivity contribution in [3.05, 3.63) is 67.7 Å². The van der Waals surface area contributed by atoms with Gasteiger partial charge in [0.15, 0.2) is 5.78 Å². The number of ketones is 1. The largest absolute Gasteiger partial charge is 0.312 e. The van der Waals surface area contributed by atoms with Gasteiger partial charge in [-0.05, 0) is 30.3 Å². The molecule has 5 heteroatoms. The van der Waals surface area contributed by atoms with Gasteiger partial charge in [0.2, 0.25) is 0 Å². The number of H-pyrrole nitrogens is 1. The average Bonchev–Trinajstić information content (AvgIpc) is 2.76. The highest BCUT2D eigenvalue weighted by Gasteiger charge is 2.11. The van der Waals surface area contributed by atoms with Crippen LogP contribution in [0.15, 0.2) is 51.7 Å². The van der Waals surface area contributed by atoms with Crippen LogP contribution in [0.2, 0.25) is 0 Å². The molecule has 0 unspecified atom stereocenters. The average molecular weight is 334 g/mol. The maximum atomic E-state index is 12.3. The van der Waals surface area contributed by atoms with E-state index in [4.69, 9.17) is 0 Å². The first-order valence-corrected chi connectivity index (χ1v) is 7.17. The Morgan fingerprint density at radius 1 is 1.11 bits per heavy atom. The van der Waals surface area contributed by atoms with E-state index in [1.807, 2.05) is 12.1 Å². The van der Waals surface area contributed by atoms with Gasteiger partial charge in [-0.1, -0.05) is 39.4 Å². The second kappa shape index (κ2) is 4.75. The minimum atomic E-state index is -0.109. The Hall–Kier alpha value is -1.72. The van der Waals surface area contributed by atoms with Crippen molar-refractivity contribution >= 4 is 43.3 Å². The number of rotatable bonds is 2. The summed E-state index contributed by atoms with van der Waals surface area (Å²) >= 11 is 4.46. The van der Waals surface area contributed by atoms with Crippen LogP contribution >= 0.6 is 27.3 Å². The number of nitrogens with one attached hydrogen (secondary N) is 1. The second-order valence-electron chi connectivity index (χ2n) is 4.06. The van der Waals surface area contributed by atoms with Gasteiger partial charge in [-0.3, -0.25) is 9.59 Å². The minimum Gasteiger partial charge on any atom is -0.312 e. The molecule has 1 N–H and O–H groups in total. The lowest BCUT2D eigenvalue weighted by atomic mass is 10.0. The Balaban J connectivity index is 2.08. The summed E-state index contributed by atoms with van der Waals surface area (Å²) in [6, 6.07) is 12.5. The number of hydrogen-bond donors (Lipinski definition) is 1. The van der Waals surface area contributed by atoms with Gasteiger partial charge in [0.25, 0.3) is 0 Å². The summed E-state index contributed by atoms with van der Waals surface area (Å²) in [4.78, 5) is 26.2. The van der Waals surface area contributed by atoms with Crippen molar-refractivity contribution in [1.29, 1.82) is 0 Å². The standard InChI is InChI=1S/C14H8BrNO2S/c15-10-3-1-2-8(6-10)13(17)9-4-5-11-12(7-9)19-14(18)16-11/h1-7H,(H,16,18). The van der Waals surface area contributed by atoms with Gasteiger partial charge >= 0.3 is 4.87 Å². The number of carbonyl (C=O) groups is 1. The summed E-state index contributed by atoms with van der Waals surface area (Å²) in [5, 5.41) is 0. The fourth-order valence-electron chi connectivity index (χ4n) is 1.88. The highest BCUT2D eigenvalue weighted by atomic mass is 79.9. The Kier molecular flexibility index (Phi) is 3.08. The van der Waals surface area contributed by atoms with Gasteiger partial charge in [-0.2, -0.15) is 0 Å². The molecule has 19 heavy (non-hydrogen) atoms. The van der Waals surface area contributed by atoms with E-state index >= 15 is 0 Å².